The fraction of sp³-hybridized carbons (Fsp3) is 1.00. The molecule has 1 saturated heterocycles. The smallest absolute Gasteiger partial charge is 0.265 e. The zero-order valence-corrected chi connectivity index (χ0v) is 7.42. The van der Waals surface area contributed by atoms with Gasteiger partial charge in [-0.25, -0.2) is 0 Å². The van der Waals surface area contributed by atoms with Gasteiger partial charge in [0.25, 0.3) is 10.1 Å². The van der Waals surface area contributed by atoms with Crippen LogP contribution in [0, 0.1) is 0 Å². The lowest BCUT2D eigenvalue weighted by atomic mass is 10.4. The molecule has 0 aromatic heterocycles. The molecule has 1 N–H and O–H groups in total. The highest BCUT2D eigenvalue weighted by atomic mass is 32.2. The zero-order chi connectivity index (χ0) is 9.03. The summed E-state index contributed by atoms with van der Waals surface area (Å²) in [6.45, 7) is 1.19. The Labute approximate surface area is 71.4 Å². The molecule has 1 aliphatic rings. The van der Waals surface area contributed by atoms with Crippen molar-refractivity contribution in [3.63, 3.8) is 0 Å². The Morgan fingerprint density at radius 2 is 1.92 bits per heavy atom. The molecule has 6 heteroatoms. The summed E-state index contributed by atoms with van der Waals surface area (Å²) in [4.78, 5) is 0. The van der Waals surface area contributed by atoms with Crippen molar-refractivity contribution in [1.29, 1.82) is 0 Å². The van der Waals surface area contributed by atoms with E-state index in [1.807, 2.05) is 0 Å². The van der Waals surface area contributed by atoms with E-state index >= 15 is 0 Å². The fourth-order valence-corrected chi connectivity index (χ4v) is 1.44. The van der Waals surface area contributed by atoms with Crippen LogP contribution < -0.4 is 0 Å². The molecular formula is C6H12O5S. The molecule has 0 radical (unpaired) electrons. The van der Waals surface area contributed by atoms with Gasteiger partial charge < -0.3 is 9.47 Å². The van der Waals surface area contributed by atoms with Gasteiger partial charge in [-0.05, 0) is 6.42 Å². The molecule has 1 rings (SSSR count). The summed E-state index contributed by atoms with van der Waals surface area (Å²) in [5.41, 5.74) is 0. The van der Waals surface area contributed by atoms with E-state index in [2.05, 4.69) is 0 Å². The largest absolute Gasteiger partial charge is 0.353 e. The van der Waals surface area contributed by atoms with Gasteiger partial charge in [-0.2, -0.15) is 8.42 Å². The standard InChI is InChI=1S/C6H12O5S/c7-12(8,9)5-2-6-10-3-1-4-11-6/h6H,1-5H2,(H,7,8,9). The Morgan fingerprint density at radius 3 is 2.42 bits per heavy atom. The molecule has 0 bridgehead atoms. The van der Waals surface area contributed by atoms with Crippen LogP contribution in [0.4, 0.5) is 0 Å². The molecule has 1 heterocycles. The minimum Gasteiger partial charge on any atom is -0.353 e. The summed E-state index contributed by atoms with van der Waals surface area (Å²) in [5.74, 6) is -0.308. The van der Waals surface area contributed by atoms with E-state index < -0.39 is 16.4 Å². The molecule has 1 aliphatic heterocycles. The number of hydrogen-bond acceptors (Lipinski definition) is 4. The minimum absolute atomic E-state index is 0.193. The number of rotatable bonds is 3. The molecule has 1 fully saturated rings. The van der Waals surface area contributed by atoms with Gasteiger partial charge in [0.15, 0.2) is 6.29 Å². The molecule has 0 atom stereocenters. The first-order valence-corrected chi connectivity index (χ1v) is 5.37. The van der Waals surface area contributed by atoms with Gasteiger partial charge in [-0.1, -0.05) is 0 Å². The maximum absolute atomic E-state index is 10.3. The van der Waals surface area contributed by atoms with Gasteiger partial charge in [-0.15, -0.1) is 0 Å². The highest BCUT2D eigenvalue weighted by molar-refractivity contribution is 7.85. The van der Waals surface area contributed by atoms with Crippen molar-refractivity contribution in [1.82, 2.24) is 0 Å². The van der Waals surface area contributed by atoms with Crippen LogP contribution in [0.15, 0.2) is 0 Å². The molecule has 0 aromatic carbocycles. The topological polar surface area (TPSA) is 72.8 Å². The maximum Gasteiger partial charge on any atom is 0.265 e. The molecule has 72 valence electrons. The van der Waals surface area contributed by atoms with Gasteiger partial charge in [-0.3, -0.25) is 4.55 Å². The molecule has 0 unspecified atom stereocenters. The third-order valence-corrected chi connectivity index (χ3v) is 2.26. The Morgan fingerprint density at radius 1 is 1.33 bits per heavy atom. The van der Waals surface area contributed by atoms with Gasteiger partial charge in [0.1, 0.15) is 0 Å². The highest BCUT2D eigenvalue weighted by Gasteiger charge is 2.16. The van der Waals surface area contributed by atoms with Crippen molar-refractivity contribution in [3.8, 4) is 0 Å². The van der Waals surface area contributed by atoms with E-state index in [1.54, 1.807) is 0 Å². The first kappa shape index (κ1) is 9.91. The summed E-state index contributed by atoms with van der Waals surface area (Å²) < 4.78 is 39.2. The van der Waals surface area contributed by atoms with Crippen LogP contribution in [0.1, 0.15) is 12.8 Å². The summed E-state index contributed by atoms with van der Waals surface area (Å²) in [5, 5.41) is 0. The third-order valence-electron chi connectivity index (χ3n) is 1.51. The molecule has 5 nitrogen and oxygen atoms in total. The van der Waals surface area contributed by atoms with E-state index in [1.165, 1.54) is 0 Å². The van der Waals surface area contributed by atoms with Crippen LogP contribution in [-0.4, -0.2) is 38.2 Å². The van der Waals surface area contributed by atoms with Crippen molar-refractivity contribution >= 4 is 10.1 Å². The summed E-state index contributed by atoms with van der Waals surface area (Å²) in [7, 11) is -3.88. The predicted octanol–water partition coefficient (Wildman–Crippen LogP) is 0.0273. The van der Waals surface area contributed by atoms with E-state index in [4.69, 9.17) is 14.0 Å². The Balaban J connectivity index is 2.22. The SMILES string of the molecule is O=S(=O)(O)CCC1OCCCO1. The van der Waals surface area contributed by atoms with Crippen molar-refractivity contribution < 1.29 is 22.4 Å². The molecule has 12 heavy (non-hydrogen) atoms. The highest BCUT2D eigenvalue weighted by Crippen LogP contribution is 2.08. The molecule has 0 aliphatic carbocycles. The van der Waals surface area contributed by atoms with Crippen molar-refractivity contribution in [2.45, 2.75) is 19.1 Å². The second-order valence-corrected chi connectivity index (χ2v) is 4.17. The van der Waals surface area contributed by atoms with E-state index in [0.717, 1.165) is 6.42 Å². The Hall–Kier alpha value is -0.170. The van der Waals surface area contributed by atoms with Crippen LogP contribution in [0.5, 0.6) is 0 Å². The average molecular weight is 196 g/mol. The second kappa shape index (κ2) is 4.18. The lowest BCUT2D eigenvalue weighted by Crippen LogP contribution is -2.27. The second-order valence-electron chi connectivity index (χ2n) is 2.60. The van der Waals surface area contributed by atoms with E-state index in [9.17, 15) is 8.42 Å². The average Bonchev–Trinajstić information content (AvgIpc) is 2.02. The van der Waals surface area contributed by atoms with Crippen molar-refractivity contribution in [2.75, 3.05) is 19.0 Å². The molecule has 0 aromatic rings. The summed E-state index contributed by atoms with van der Waals surface area (Å²) in [6.07, 6.45) is 0.557. The predicted molar refractivity (Wildman–Crippen MR) is 41.3 cm³/mol. The molecule has 0 amide bonds. The maximum atomic E-state index is 10.3. The lowest BCUT2D eigenvalue weighted by molar-refractivity contribution is -0.178. The quantitative estimate of drug-likeness (QED) is 0.644. The van der Waals surface area contributed by atoms with Crippen molar-refractivity contribution in [3.05, 3.63) is 0 Å². The van der Waals surface area contributed by atoms with E-state index in [0.29, 0.717) is 13.2 Å². The summed E-state index contributed by atoms with van der Waals surface area (Å²) in [6, 6.07) is 0. The van der Waals surface area contributed by atoms with Crippen molar-refractivity contribution in [2.24, 2.45) is 0 Å². The third kappa shape index (κ3) is 4.01. The van der Waals surface area contributed by atoms with Gasteiger partial charge >= 0.3 is 0 Å². The van der Waals surface area contributed by atoms with Crippen LogP contribution in [-0.2, 0) is 19.6 Å². The van der Waals surface area contributed by atoms with Crippen LogP contribution in [0.25, 0.3) is 0 Å². The number of hydrogen-bond donors (Lipinski definition) is 1. The van der Waals surface area contributed by atoms with Gasteiger partial charge in [0, 0.05) is 6.42 Å². The van der Waals surface area contributed by atoms with Crippen LogP contribution >= 0.6 is 0 Å². The minimum atomic E-state index is -3.88. The Kier molecular flexibility index (Phi) is 3.45. The van der Waals surface area contributed by atoms with Gasteiger partial charge in [0.2, 0.25) is 0 Å². The summed E-state index contributed by atoms with van der Waals surface area (Å²) >= 11 is 0. The fourth-order valence-electron chi connectivity index (χ4n) is 0.948. The molecule has 0 spiro atoms. The first-order chi connectivity index (χ1) is 5.58. The normalized spacial score (nSPS) is 21.1. The lowest BCUT2D eigenvalue weighted by Gasteiger charge is -2.22. The van der Waals surface area contributed by atoms with Crippen LogP contribution in [0.2, 0.25) is 0 Å². The van der Waals surface area contributed by atoms with Gasteiger partial charge in [0.05, 0.1) is 19.0 Å². The van der Waals surface area contributed by atoms with Crippen LogP contribution in [0.3, 0.4) is 0 Å². The Bertz CT molecular complexity index is 216. The molecular weight excluding hydrogens is 184 g/mol. The monoisotopic (exact) mass is 196 g/mol. The molecule has 0 saturated carbocycles. The number of ether oxygens (including phenoxy) is 2. The van der Waals surface area contributed by atoms with E-state index in [-0.39, 0.29) is 12.2 Å². The first-order valence-electron chi connectivity index (χ1n) is 3.76. The zero-order valence-electron chi connectivity index (χ0n) is 6.60.